The number of amides is 1. The molecule has 1 fully saturated rings. The van der Waals surface area contributed by atoms with Crippen LogP contribution in [0.4, 0.5) is 10.1 Å². The van der Waals surface area contributed by atoms with Gasteiger partial charge in [-0.05, 0) is 50.2 Å². The van der Waals surface area contributed by atoms with Gasteiger partial charge in [-0.3, -0.25) is 9.78 Å². The fourth-order valence-corrected chi connectivity index (χ4v) is 2.93. The molecule has 0 radical (unpaired) electrons. The maximum atomic E-state index is 14.3. The minimum atomic E-state index is -0.879. The fraction of sp³-hybridized carbons (Fsp3) is 0.368. The number of nitrogens with one attached hydrogen (secondary N) is 2. The summed E-state index contributed by atoms with van der Waals surface area (Å²) in [6, 6.07) is 9.80. The SMILES string of the molecule is COC1(C(=O)Nc2ccc(OCc3ccccn3)c(F)c2)CCNCC1.Cl.Cl. The lowest BCUT2D eigenvalue weighted by atomic mass is 9.91. The number of hydrogen-bond acceptors (Lipinski definition) is 5. The molecule has 0 unspecified atom stereocenters. The molecule has 0 saturated carbocycles. The molecule has 9 heteroatoms. The zero-order valence-electron chi connectivity index (χ0n) is 15.4. The van der Waals surface area contributed by atoms with Crippen LogP contribution in [0.25, 0.3) is 0 Å². The Morgan fingerprint density at radius 1 is 1.25 bits per heavy atom. The Kier molecular flexibility index (Phi) is 9.61. The summed E-state index contributed by atoms with van der Waals surface area (Å²) in [5.41, 5.74) is 0.195. The van der Waals surface area contributed by atoms with Crippen LogP contribution in [-0.4, -0.2) is 36.7 Å². The number of piperidine rings is 1. The number of hydrogen-bond donors (Lipinski definition) is 2. The van der Waals surface area contributed by atoms with Gasteiger partial charge in [-0.25, -0.2) is 4.39 Å². The second-order valence-corrected chi connectivity index (χ2v) is 6.16. The molecule has 1 amide bonds. The van der Waals surface area contributed by atoms with Crippen molar-refractivity contribution in [1.82, 2.24) is 10.3 Å². The number of rotatable bonds is 6. The van der Waals surface area contributed by atoms with Gasteiger partial charge in [0, 0.05) is 25.1 Å². The Hall–Kier alpha value is -1.93. The van der Waals surface area contributed by atoms with E-state index in [-0.39, 0.29) is 43.1 Å². The summed E-state index contributed by atoms with van der Waals surface area (Å²) in [5.74, 6) is -0.699. The highest BCUT2D eigenvalue weighted by atomic mass is 35.5. The molecule has 3 rings (SSSR count). The van der Waals surface area contributed by atoms with Gasteiger partial charge >= 0.3 is 0 Å². The Morgan fingerprint density at radius 3 is 2.61 bits per heavy atom. The first kappa shape index (κ1) is 24.1. The first-order valence-electron chi connectivity index (χ1n) is 8.52. The van der Waals surface area contributed by atoms with Crippen molar-refractivity contribution in [3.63, 3.8) is 0 Å². The van der Waals surface area contributed by atoms with Gasteiger partial charge in [0.05, 0.1) is 5.69 Å². The summed E-state index contributed by atoms with van der Waals surface area (Å²) in [5, 5.41) is 5.94. The van der Waals surface area contributed by atoms with E-state index in [0.29, 0.717) is 37.3 Å². The van der Waals surface area contributed by atoms with Crippen LogP contribution in [-0.2, 0) is 16.1 Å². The van der Waals surface area contributed by atoms with Crippen LogP contribution in [0.1, 0.15) is 18.5 Å². The average Bonchev–Trinajstić information content (AvgIpc) is 2.68. The summed E-state index contributed by atoms with van der Waals surface area (Å²) < 4.78 is 25.2. The van der Waals surface area contributed by atoms with Gasteiger partial charge in [0.2, 0.25) is 0 Å². The second kappa shape index (κ2) is 11.2. The van der Waals surface area contributed by atoms with E-state index in [4.69, 9.17) is 9.47 Å². The van der Waals surface area contributed by atoms with Crippen molar-refractivity contribution in [2.75, 3.05) is 25.5 Å². The van der Waals surface area contributed by atoms with E-state index in [2.05, 4.69) is 15.6 Å². The number of methoxy groups -OCH3 is 1. The first-order valence-corrected chi connectivity index (χ1v) is 8.52. The molecule has 2 aromatic rings. The smallest absolute Gasteiger partial charge is 0.256 e. The van der Waals surface area contributed by atoms with Crippen molar-refractivity contribution in [3.8, 4) is 5.75 Å². The van der Waals surface area contributed by atoms with Gasteiger partial charge in [-0.1, -0.05) is 6.07 Å². The molecule has 1 aliphatic rings. The third-order valence-electron chi connectivity index (χ3n) is 4.51. The number of pyridine rings is 1. The number of anilines is 1. The third-order valence-corrected chi connectivity index (χ3v) is 4.51. The van der Waals surface area contributed by atoms with Gasteiger partial charge in [-0.2, -0.15) is 0 Å². The maximum Gasteiger partial charge on any atom is 0.256 e. The molecule has 1 aliphatic heterocycles. The average molecular weight is 432 g/mol. The summed E-state index contributed by atoms with van der Waals surface area (Å²) in [6.45, 7) is 1.58. The van der Waals surface area contributed by atoms with E-state index in [1.165, 1.54) is 19.2 Å². The van der Waals surface area contributed by atoms with E-state index >= 15 is 0 Å². The van der Waals surface area contributed by atoms with Crippen LogP contribution >= 0.6 is 24.8 Å². The minimum Gasteiger partial charge on any atom is -0.484 e. The topological polar surface area (TPSA) is 72.5 Å². The van der Waals surface area contributed by atoms with Crippen molar-refractivity contribution in [3.05, 3.63) is 54.1 Å². The fourth-order valence-electron chi connectivity index (χ4n) is 2.93. The minimum absolute atomic E-state index is 0. The van der Waals surface area contributed by atoms with Gasteiger partial charge < -0.3 is 20.1 Å². The highest BCUT2D eigenvalue weighted by Crippen LogP contribution is 2.26. The molecule has 6 nitrogen and oxygen atoms in total. The normalized spacial score (nSPS) is 14.9. The Labute approximate surface area is 176 Å². The number of carbonyl (C=O) groups excluding carboxylic acids is 1. The van der Waals surface area contributed by atoms with Crippen LogP contribution in [0.2, 0.25) is 0 Å². The van der Waals surface area contributed by atoms with Gasteiger partial charge in [-0.15, -0.1) is 24.8 Å². The van der Waals surface area contributed by atoms with Gasteiger partial charge in [0.15, 0.2) is 11.6 Å². The van der Waals surface area contributed by atoms with Crippen LogP contribution in [0, 0.1) is 5.82 Å². The van der Waals surface area contributed by atoms with E-state index < -0.39 is 11.4 Å². The highest BCUT2D eigenvalue weighted by molar-refractivity contribution is 5.97. The quantitative estimate of drug-likeness (QED) is 0.733. The van der Waals surface area contributed by atoms with E-state index in [9.17, 15) is 9.18 Å². The molecule has 1 aromatic carbocycles. The molecule has 2 heterocycles. The summed E-state index contributed by atoms with van der Waals surface area (Å²) in [4.78, 5) is 16.7. The molecule has 28 heavy (non-hydrogen) atoms. The molecule has 154 valence electrons. The second-order valence-electron chi connectivity index (χ2n) is 6.16. The van der Waals surface area contributed by atoms with Crippen molar-refractivity contribution >= 4 is 36.4 Å². The number of nitrogens with zero attached hydrogens (tertiary/aromatic N) is 1. The predicted octanol–water partition coefficient (Wildman–Crippen LogP) is 3.35. The Bertz CT molecular complexity index is 759. The molecule has 0 spiro atoms. The van der Waals surface area contributed by atoms with E-state index in [1.54, 1.807) is 24.4 Å². The van der Waals surface area contributed by atoms with Crippen molar-refractivity contribution in [1.29, 1.82) is 0 Å². The van der Waals surface area contributed by atoms with E-state index in [0.717, 1.165) is 0 Å². The molecule has 1 aromatic heterocycles. The molecule has 0 bridgehead atoms. The molecular formula is C19H24Cl2FN3O3. The molecule has 2 N–H and O–H groups in total. The maximum absolute atomic E-state index is 14.3. The lowest BCUT2D eigenvalue weighted by molar-refractivity contribution is -0.140. The lowest BCUT2D eigenvalue weighted by Crippen LogP contribution is -2.51. The van der Waals surface area contributed by atoms with Gasteiger partial charge in [0.1, 0.15) is 12.2 Å². The van der Waals surface area contributed by atoms with Crippen LogP contribution in [0.5, 0.6) is 5.75 Å². The molecule has 0 aliphatic carbocycles. The summed E-state index contributed by atoms with van der Waals surface area (Å²) in [7, 11) is 1.53. The Balaban J connectivity index is 0.00000196. The number of aromatic nitrogens is 1. The Morgan fingerprint density at radius 2 is 2.00 bits per heavy atom. The standard InChI is InChI=1S/C19H22FN3O3.2ClH/c1-25-19(7-10-21-11-8-19)18(24)23-14-5-6-17(16(20)12-14)26-13-15-4-2-3-9-22-15;;/h2-6,9,12,21H,7-8,10-11,13H2,1H3,(H,23,24);2*1H. The van der Waals surface area contributed by atoms with Crippen LogP contribution in [0.3, 0.4) is 0 Å². The summed E-state index contributed by atoms with van der Waals surface area (Å²) in [6.07, 6.45) is 2.80. The largest absolute Gasteiger partial charge is 0.484 e. The van der Waals surface area contributed by atoms with Crippen LogP contribution in [0.15, 0.2) is 42.6 Å². The number of carbonyl (C=O) groups is 1. The lowest BCUT2D eigenvalue weighted by Gasteiger charge is -2.34. The number of ether oxygens (including phenoxy) is 2. The molecule has 0 atom stereocenters. The van der Waals surface area contributed by atoms with Crippen molar-refractivity contribution in [2.24, 2.45) is 0 Å². The molecule has 1 saturated heterocycles. The monoisotopic (exact) mass is 431 g/mol. The zero-order valence-corrected chi connectivity index (χ0v) is 17.1. The number of benzene rings is 1. The number of halogens is 3. The molecular weight excluding hydrogens is 408 g/mol. The van der Waals surface area contributed by atoms with Crippen molar-refractivity contribution < 1.29 is 18.7 Å². The van der Waals surface area contributed by atoms with Crippen LogP contribution < -0.4 is 15.4 Å². The van der Waals surface area contributed by atoms with Crippen molar-refractivity contribution in [2.45, 2.75) is 25.0 Å². The highest BCUT2D eigenvalue weighted by Gasteiger charge is 2.39. The summed E-state index contributed by atoms with van der Waals surface area (Å²) >= 11 is 0. The first-order chi connectivity index (χ1) is 12.6. The predicted molar refractivity (Wildman–Crippen MR) is 110 cm³/mol. The van der Waals surface area contributed by atoms with Gasteiger partial charge in [0.25, 0.3) is 5.91 Å². The zero-order chi connectivity index (χ0) is 18.4. The third kappa shape index (κ3) is 5.78. The van der Waals surface area contributed by atoms with E-state index in [1.807, 2.05) is 6.07 Å².